The summed E-state index contributed by atoms with van der Waals surface area (Å²) in [5, 5.41) is 5.87. The third-order valence-electron chi connectivity index (χ3n) is 4.05. The van der Waals surface area contributed by atoms with E-state index in [4.69, 9.17) is 0 Å². The molecule has 0 amide bonds. The van der Waals surface area contributed by atoms with E-state index in [0.717, 1.165) is 19.5 Å². The van der Waals surface area contributed by atoms with Crippen LogP contribution in [0.15, 0.2) is 9.59 Å². The van der Waals surface area contributed by atoms with E-state index in [2.05, 4.69) is 43.2 Å². The van der Waals surface area contributed by atoms with Crippen LogP contribution in [0.25, 0.3) is 0 Å². The van der Waals surface area contributed by atoms with Crippen LogP contribution >= 0.6 is 0 Å². The summed E-state index contributed by atoms with van der Waals surface area (Å²) in [6, 6.07) is 0. The van der Waals surface area contributed by atoms with Gasteiger partial charge in [-0.15, -0.1) is 0 Å². The van der Waals surface area contributed by atoms with Gasteiger partial charge in [0.15, 0.2) is 0 Å². The standard InChI is InChI=1S/C17H31N3O2/c1-6-7-8-11-20(17(2,3)4)12-9-10-19-14-13(18-5)15(21)16(14)22/h18-19H,6-12H2,1-5H3. The molecule has 0 spiro atoms. The summed E-state index contributed by atoms with van der Waals surface area (Å²) in [5.41, 5.74) is 0.202. The minimum atomic E-state index is -0.416. The zero-order chi connectivity index (χ0) is 16.8. The number of hydrogen-bond donors (Lipinski definition) is 2. The fourth-order valence-electron chi connectivity index (χ4n) is 2.62. The van der Waals surface area contributed by atoms with Crippen molar-refractivity contribution >= 4 is 11.4 Å². The average molecular weight is 309 g/mol. The van der Waals surface area contributed by atoms with Gasteiger partial charge in [-0.05, 0) is 40.2 Å². The molecule has 0 aromatic heterocycles. The summed E-state index contributed by atoms with van der Waals surface area (Å²) in [5.74, 6) is 0. The lowest BCUT2D eigenvalue weighted by Crippen LogP contribution is -2.43. The van der Waals surface area contributed by atoms with Crippen molar-refractivity contribution in [3.63, 3.8) is 0 Å². The Morgan fingerprint density at radius 1 is 0.955 bits per heavy atom. The van der Waals surface area contributed by atoms with Crippen LogP contribution in [0.3, 0.4) is 0 Å². The predicted octanol–water partition coefficient (Wildman–Crippen LogP) is 2.42. The van der Waals surface area contributed by atoms with Crippen LogP contribution in [0.2, 0.25) is 0 Å². The normalized spacial score (nSPS) is 12.1. The van der Waals surface area contributed by atoms with E-state index < -0.39 is 10.9 Å². The van der Waals surface area contributed by atoms with Gasteiger partial charge in [-0.3, -0.25) is 14.5 Å². The smallest absolute Gasteiger partial charge is 0.253 e. The second-order valence-corrected chi connectivity index (χ2v) is 6.80. The van der Waals surface area contributed by atoms with Crippen LogP contribution in [0.5, 0.6) is 0 Å². The van der Waals surface area contributed by atoms with Gasteiger partial charge in [-0.2, -0.15) is 0 Å². The van der Waals surface area contributed by atoms with Crippen LogP contribution in [0.4, 0.5) is 11.4 Å². The zero-order valence-corrected chi connectivity index (χ0v) is 14.7. The van der Waals surface area contributed by atoms with Gasteiger partial charge in [-0.25, -0.2) is 0 Å². The van der Waals surface area contributed by atoms with Gasteiger partial charge in [0, 0.05) is 25.7 Å². The summed E-state index contributed by atoms with van der Waals surface area (Å²) in [6.45, 7) is 11.7. The highest BCUT2D eigenvalue weighted by Gasteiger charge is 2.21. The molecule has 0 aliphatic heterocycles. The van der Waals surface area contributed by atoms with Gasteiger partial charge in [0.1, 0.15) is 11.4 Å². The molecule has 0 aliphatic carbocycles. The third kappa shape index (κ3) is 4.83. The Bertz CT molecular complexity index is 525. The topological polar surface area (TPSA) is 61.4 Å². The van der Waals surface area contributed by atoms with Crippen molar-refractivity contribution in [3.05, 3.63) is 20.4 Å². The van der Waals surface area contributed by atoms with Crippen molar-refractivity contribution in [2.45, 2.75) is 58.9 Å². The van der Waals surface area contributed by atoms with Crippen molar-refractivity contribution in [2.75, 3.05) is 37.3 Å². The van der Waals surface area contributed by atoms with E-state index in [1.54, 1.807) is 7.05 Å². The van der Waals surface area contributed by atoms with Crippen LogP contribution in [0, 0.1) is 0 Å². The molecule has 0 heterocycles. The molecule has 1 aromatic rings. The van der Waals surface area contributed by atoms with Gasteiger partial charge in [0.25, 0.3) is 10.9 Å². The molecule has 1 rings (SSSR count). The Hall–Kier alpha value is -1.36. The summed E-state index contributed by atoms with van der Waals surface area (Å²) < 4.78 is 0. The van der Waals surface area contributed by atoms with Crippen LogP contribution < -0.4 is 21.5 Å². The summed E-state index contributed by atoms with van der Waals surface area (Å²) in [4.78, 5) is 25.3. The number of rotatable bonds is 10. The van der Waals surface area contributed by atoms with Crippen LogP contribution in [0.1, 0.15) is 53.4 Å². The second-order valence-electron chi connectivity index (χ2n) is 6.80. The fourth-order valence-corrected chi connectivity index (χ4v) is 2.62. The number of hydrogen-bond acceptors (Lipinski definition) is 5. The van der Waals surface area contributed by atoms with Crippen molar-refractivity contribution in [1.82, 2.24) is 4.90 Å². The molecular weight excluding hydrogens is 278 g/mol. The number of nitrogens with one attached hydrogen (secondary N) is 2. The minimum Gasteiger partial charge on any atom is -0.383 e. The summed E-state index contributed by atoms with van der Waals surface area (Å²) in [7, 11) is 1.66. The predicted molar refractivity (Wildman–Crippen MR) is 94.9 cm³/mol. The summed E-state index contributed by atoms with van der Waals surface area (Å²) >= 11 is 0. The van der Waals surface area contributed by atoms with Crippen molar-refractivity contribution < 1.29 is 0 Å². The number of anilines is 2. The molecule has 0 unspecified atom stereocenters. The SMILES string of the molecule is CCCCCN(CCCNc1c(NC)c(=O)c1=O)C(C)(C)C. The molecule has 1 aromatic carbocycles. The highest BCUT2D eigenvalue weighted by molar-refractivity contribution is 5.73. The van der Waals surface area contributed by atoms with E-state index in [9.17, 15) is 9.59 Å². The molecule has 0 aliphatic rings. The fraction of sp³-hybridized carbons (Fsp3) is 0.765. The first kappa shape index (κ1) is 18.7. The second kappa shape index (κ2) is 8.32. The molecule has 126 valence electrons. The molecule has 0 saturated carbocycles. The van der Waals surface area contributed by atoms with E-state index in [1.807, 2.05) is 0 Å². The maximum atomic E-state index is 11.5. The van der Waals surface area contributed by atoms with Crippen LogP contribution in [-0.4, -0.2) is 37.1 Å². The van der Waals surface area contributed by atoms with Gasteiger partial charge in [0.05, 0.1) is 0 Å². The molecule has 0 atom stereocenters. The van der Waals surface area contributed by atoms with Crippen LogP contribution in [-0.2, 0) is 0 Å². The average Bonchev–Trinajstić information content (AvgIpc) is 2.46. The Morgan fingerprint density at radius 3 is 2.09 bits per heavy atom. The Morgan fingerprint density at radius 2 is 1.55 bits per heavy atom. The number of nitrogens with zero attached hydrogens (tertiary/aromatic N) is 1. The van der Waals surface area contributed by atoms with E-state index >= 15 is 0 Å². The van der Waals surface area contributed by atoms with Gasteiger partial charge >= 0.3 is 0 Å². The quantitative estimate of drug-likeness (QED) is 0.513. The first-order valence-electron chi connectivity index (χ1n) is 8.32. The maximum Gasteiger partial charge on any atom is 0.253 e. The minimum absolute atomic E-state index is 0.158. The Labute approximate surface area is 133 Å². The first-order chi connectivity index (χ1) is 10.3. The van der Waals surface area contributed by atoms with Crippen molar-refractivity contribution in [1.29, 1.82) is 0 Å². The van der Waals surface area contributed by atoms with Crippen molar-refractivity contribution in [2.24, 2.45) is 0 Å². The first-order valence-corrected chi connectivity index (χ1v) is 8.32. The van der Waals surface area contributed by atoms with Gasteiger partial charge in [0.2, 0.25) is 0 Å². The van der Waals surface area contributed by atoms with E-state index in [1.165, 1.54) is 19.3 Å². The third-order valence-corrected chi connectivity index (χ3v) is 4.05. The lowest BCUT2D eigenvalue weighted by atomic mass is 10.0. The molecule has 0 bridgehead atoms. The Kier molecular flexibility index (Phi) is 7.07. The van der Waals surface area contributed by atoms with E-state index in [-0.39, 0.29) is 5.54 Å². The Balaban J connectivity index is 2.41. The van der Waals surface area contributed by atoms with Gasteiger partial charge in [-0.1, -0.05) is 19.8 Å². The summed E-state index contributed by atoms with van der Waals surface area (Å²) in [6.07, 6.45) is 4.67. The molecule has 0 saturated heterocycles. The lowest BCUT2D eigenvalue weighted by Gasteiger charge is -2.36. The van der Waals surface area contributed by atoms with Gasteiger partial charge < -0.3 is 10.6 Å². The lowest BCUT2D eigenvalue weighted by molar-refractivity contribution is 0.133. The molecule has 2 N–H and O–H groups in total. The maximum absolute atomic E-state index is 11.5. The highest BCUT2D eigenvalue weighted by atomic mass is 16.2. The molecule has 5 nitrogen and oxygen atoms in total. The van der Waals surface area contributed by atoms with Crippen molar-refractivity contribution in [3.8, 4) is 0 Å². The molecule has 22 heavy (non-hydrogen) atoms. The largest absolute Gasteiger partial charge is 0.383 e. The number of unbranched alkanes of at least 4 members (excludes halogenated alkanes) is 2. The molecule has 0 fully saturated rings. The molecule has 0 radical (unpaired) electrons. The highest BCUT2D eigenvalue weighted by Crippen LogP contribution is 2.16. The monoisotopic (exact) mass is 309 g/mol. The molecular formula is C17H31N3O2. The van der Waals surface area contributed by atoms with E-state index in [0.29, 0.717) is 17.9 Å². The zero-order valence-electron chi connectivity index (χ0n) is 14.7. The molecule has 5 heteroatoms.